The summed E-state index contributed by atoms with van der Waals surface area (Å²) in [5, 5.41) is 2.91. The number of nitrogens with one attached hydrogen (secondary N) is 1. The summed E-state index contributed by atoms with van der Waals surface area (Å²) in [6, 6.07) is 26.1. The standard InChI is InChI=1S/C25H21N3O3/c1-30-21-12-10-18(11-13-21)16-26-25(29)20-8-5-9-22(14-20)31-24-15-23(27-17-28-24)19-6-3-2-4-7-19/h2-15,17H,16H2,1H3,(H,26,29). The Kier molecular flexibility index (Phi) is 6.18. The number of aromatic nitrogens is 2. The first-order chi connectivity index (χ1) is 15.2. The second kappa shape index (κ2) is 9.54. The summed E-state index contributed by atoms with van der Waals surface area (Å²) in [4.78, 5) is 21.0. The van der Waals surface area contributed by atoms with Crippen molar-refractivity contribution in [3.8, 4) is 28.6 Å². The Morgan fingerprint density at radius 1 is 0.871 bits per heavy atom. The highest BCUT2D eigenvalue weighted by atomic mass is 16.5. The first-order valence-corrected chi connectivity index (χ1v) is 9.78. The number of amides is 1. The number of ether oxygens (including phenoxy) is 2. The van der Waals surface area contributed by atoms with Gasteiger partial charge in [0.15, 0.2) is 0 Å². The fourth-order valence-corrected chi connectivity index (χ4v) is 3.01. The summed E-state index contributed by atoms with van der Waals surface area (Å²) < 4.78 is 11.0. The van der Waals surface area contributed by atoms with E-state index >= 15 is 0 Å². The first-order valence-electron chi connectivity index (χ1n) is 9.78. The summed E-state index contributed by atoms with van der Waals surface area (Å²) in [5.41, 5.74) is 3.22. The van der Waals surface area contributed by atoms with E-state index < -0.39 is 0 Å². The zero-order chi connectivity index (χ0) is 21.5. The maximum absolute atomic E-state index is 12.6. The van der Waals surface area contributed by atoms with E-state index in [0.717, 1.165) is 22.6 Å². The van der Waals surface area contributed by atoms with Crippen molar-refractivity contribution in [2.24, 2.45) is 0 Å². The number of rotatable bonds is 7. The zero-order valence-electron chi connectivity index (χ0n) is 17.0. The van der Waals surface area contributed by atoms with Crippen LogP contribution in [0.15, 0.2) is 91.3 Å². The molecular weight excluding hydrogens is 390 g/mol. The van der Waals surface area contributed by atoms with Crippen molar-refractivity contribution < 1.29 is 14.3 Å². The van der Waals surface area contributed by atoms with Gasteiger partial charge in [-0.3, -0.25) is 4.79 Å². The van der Waals surface area contributed by atoms with E-state index in [9.17, 15) is 4.79 Å². The molecule has 4 aromatic rings. The van der Waals surface area contributed by atoms with Crippen LogP contribution in [0.4, 0.5) is 0 Å². The minimum atomic E-state index is -0.186. The third-order valence-corrected chi connectivity index (χ3v) is 4.64. The molecule has 0 aliphatic rings. The fourth-order valence-electron chi connectivity index (χ4n) is 3.01. The van der Waals surface area contributed by atoms with Gasteiger partial charge in [0, 0.05) is 23.7 Å². The fraction of sp³-hybridized carbons (Fsp3) is 0.0800. The number of benzene rings is 3. The summed E-state index contributed by atoms with van der Waals surface area (Å²) in [7, 11) is 1.62. The number of methoxy groups -OCH3 is 1. The average Bonchev–Trinajstić information content (AvgIpc) is 2.84. The van der Waals surface area contributed by atoms with E-state index in [-0.39, 0.29) is 5.91 Å². The van der Waals surface area contributed by atoms with Crippen LogP contribution in [0.3, 0.4) is 0 Å². The molecule has 4 rings (SSSR count). The molecule has 1 amide bonds. The molecule has 0 bridgehead atoms. The van der Waals surface area contributed by atoms with Crippen molar-refractivity contribution in [1.82, 2.24) is 15.3 Å². The van der Waals surface area contributed by atoms with Crippen LogP contribution in [-0.2, 0) is 6.54 Å². The maximum Gasteiger partial charge on any atom is 0.251 e. The lowest BCUT2D eigenvalue weighted by atomic mass is 10.1. The zero-order valence-corrected chi connectivity index (χ0v) is 17.0. The molecule has 0 saturated heterocycles. The molecular formula is C25H21N3O3. The molecule has 0 aliphatic heterocycles. The van der Waals surface area contributed by atoms with Crippen LogP contribution in [0.25, 0.3) is 11.3 Å². The first kappa shape index (κ1) is 20.1. The molecule has 6 nitrogen and oxygen atoms in total. The number of carbonyl (C=O) groups excluding carboxylic acids is 1. The number of hydrogen-bond donors (Lipinski definition) is 1. The second-order valence-corrected chi connectivity index (χ2v) is 6.77. The molecule has 0 spiro atoms. The third-order valence-electron chi connectivity index (χ3n) is 4.64. The van der Waals surface area contributed by atoms with Gasteiger partial charge in [-0.25, -0.2) is 9.97 Å². The summed E-state index contributed by atoms with van der Waals surface area (Å²) in [5.74, 6) is 1.52. The van der Waals surface area contributed by atoms with E-state index in [2.05, 4.69) is 15.3 Å². The lowest BCUT2D eigenvalue weighted by Gasteiger charge is -2.09. The van der Waals surface area contributed by atoms with Gasteiger partial charge in [-0.2, -0.15) is 0 Å². The van der Waals surface area contributed by atoms with Crippen molar-refractivity contribution in [1.29, 1.82) is 0 Å². The van der Waals surface area contributed by atoms with Crippen molar-refractivity contribution in [3.05, 3.63) is 102 Å². The van der Waals surface area contributed by atoms with Gasteiger partial charge < -0.3 is 14.8 Å². The van der Waals surface area contributed by atoms with Gasteiger partial charge in [0.2, 0.25) is 5.88 Å². The molecule has 1 aromatic heterocycles. The largest absolute Gasteiger partial charge is 0.497 e. The third kappa shape index (κ3) is 5.25. The Labute approximate surface area is 180 Å². The lowest BCUT2D eigenvalue weighted by molar-refractivity contribution is 0.0950. The molecule has 3 aromatic carbocycles. The van der Waals surface area contributed by atoms with Gasteiger partial charge in [0.05, 0.1) is 12.8 Å². The lowest BCUT2D eigenvalue weighted by Crippen LogP contribution is -2.22. The maximum atomic E-state index is 12.6. The highest BCUT2D eigenvalue weighted by Crippen LogP contribution is 2.24. The summed E-state index contributed by atoms with van der Waals surface area (Å²) in [6.07, 6.45) is 1.46. The van der Waals surface area contributed by atoms with E-state index in [1.807, 2.05) is 54.6 Å². The van der Waals surface area contributed by atoms with Crippen LogP contribution < -0.4 is 14.8 Å². The second-order valence-electron chi connectivity index (χ2n) is 6.77. The molecule has 0 fully saturated rings. The normalized spacial score (nSPS) is 10.4. The molecule has 0 atom stereocenters. The van der Waals surface area contributed by atoms with Gasteiger partial charge in [0.1, 0.15) is 17.8 Å². The van der Waals surface area contributed by atoms with E-state index in [1.54, 1.807) is 37.4 Å². The molecule has 0 unspecified atom stereocenters. The molecule has 0 saturated carbocycles. The van der Waals surface area contributed by atoms with Gasteiger partial charge >= 0.3 is 0 Å². The Morgan fingerprint density at radius 3 is 2.45 bits per heavy atom. The van der Waals surface area contributed by atoms with Crippen molar-refractivity contribution in [2.75, 3.05) is 7.11 Å². The van der Waals surface area contributed by atoms with Crippen molar-refractivity contribution >= 4 is 5.91 Å². The molecule has 1 heterocycles. The van der Waals surface area contributed by atoms with Crippen LogP contribution >= 0.6 is 0 Å². The summed E-state index contributed by atoms with van der Waals surface area (Å²) in [6.45, 7) is 0.417. The van der Waals surface area contributed by atoms with Crippen LogP contribution in [0, 0.1) is 0 Å². The van der Waals surface area contributed by atoms with Crippen molar-refractivity contribution in [2.45, 2.75) is 6.54 Å². The van der Waals surface area contributed by atoms with Gasteiger partial charge in [-0.05, 0) is 35.9 Å². The van der Waals surface area contributed by atoms with Gasteiger partial charge in [0.25, 0.3) is 5.91 Å². The number of nitrogens with zero attached hydrogens (tertiary/aromatic N) is 2. The molecule has 0 aliphatic carbocycles. The Hall–Kier alpha value is -4.19. The van der Waals surface area contributed by atoms with Crippen LogP contribution in [-0.4, -0.2) is 23.0 Å². The predicted octanol–water partition coefficient (Wildman–Crippen LogP) is 4.87. The summed E-state index contributed by atoms with van der Waals surface area (Å²) >= 11 is 0. The van der Waals surface area contributed by atoms with E-state index in [0.29, 0.717) is 23.7 Å². The Balaban J connectivity index is 1.42. The quantitative estimate of drug-likeness (QED) is 0.469. The average molecular weight is 411 g/mol. The van der Waals surface area contributed by atoms with Crippen LogP contribution in [0.2, 0.25) is 0 Å². The highest BCUT2D eigenvalue weighted by molar-refractivity contribution is 5.94. The Bertz CT molecular complexity index is 1160. The van der Waals surface area contributed by atoms with Gasteiger partial charge in [-0.1, -0.05) is 48.5 Å². The predicted molar refractivity (Wildman–Crippen MR) is 118 cm³/mol. The van der Waals surface area contributed by atoms with E-state index in [1.165, 1.54) is 6.33 Å². The topological polar surface area (TPSA) is 73.3 Å². The van der Waals surface area contributed by atoms with Gasteiger partial charge in [-0.15, -0.1) is 0 Å². The molecule has 1 N–H and O–H groups in total. The molecule has 31 heavy (non-hydrogen) atoms. The smallest absolute Gasteiger partial charge is 0.251 e. The Morgan fingerprint density at radius 2 is 1.68 bits per heavy atom. The molecule has 0 radical (unpaired) electrons. The highest BCUT2D eigenvalue weighted by Gasteiger charge is 2.09. The number of hydrogen-bond acceptors (Lipinski definition) is 5. The number of carbonyl (C=O) groups is 1. The van der Waals surface area contributed by atoms with Crippen LogP contribution in [0.5, 0.6) is 17.4 Å². The molecule has 6 heteroatoms. The van der Waals surface area contributed by atoms with Crippen LogP contribution in [0.1, 0.15) is 15.9 Å². The minimum Gasteiger partial charge on any atom is -0.497 e. The SMILES string of the molecule is COc1ccc(CNC(=O)c2cccc(Oc3cc(-c4ccccc4)ncn3)c2)cc1. The van der Waals surface area contributed by atoms with Crippen molar-refractivity contribution in [3.63, 3.8) is 0 Å². The molecule has 154 valence electrons. The minimum absolute atomic E-state index is 0.186. The van der Waals surface area contributed by atoms with E-state index in [4.69, 9.17) is 9.47 Å². The monoisotopic (exact) mass is 411 g/mol.